The molecule has 1 aromatic carbocycles. The minimum atomic E-state index is -3.74. The van der Waals surface area contributed by atoms with Crippen LogP contribution in [-0.4, -0.2) is 19.8 Å². The van der Waals surface area contributed by atoms with Crippen LogP contribution in [0.15, 0.2) is 27.6 Å². The first-order chi connectivity index (χ1) is 11.8. The van der Waals surface area contributed by atoms with Gasteiger partial charge in [-0.2, -0.15) is 0 Å². The highest BCUT2D eigenvalue weighted by Crippen LogP contribution is 2.42. The molecule has 3 rings (SSSR count). The molecule has 0 atom stereocenters. The summed E-state index contributed by atoms with van der Waals surface area (Å²) in [5.41, 5.74) is 0.643. The van der Waals surface area contributed by atoms with Crippen molar-refractivity contribution in [1.82, 2.24) is 5.16 Å². The molecule has 25 heavy (non-hydrogen) atoms. The summed E-state index contributed by atoms with van der Waals surface area (Å²) in [5, 5.41) is 3.84. The van der Waals surface area contributed by atoms with Crippen molar-refractivity contribution >= 4 is 9.84 Å². The van der Waals surface area contributed by atoms with E-state index in [1.807, 2.05) is 0 Å². The molecule has 1 aromatic heterocycles. The van der Waals surface area contributed by atoms with Crippen LogP contribution in [0.2, 0.25) is 0 Å². The van der Waals surface area contributed by atoms with E-state index in [0.29, 0.717) is 5.69 Å². The molecule has 0 spiro atoms. The lowest BCUT2D eigenvalue weighted by Crippen LogP contribution is -2.07. The Hall–Kier alpha value is -1.83. The second-order valence-corrected chi connectivity index (χ2v) is 8.34. The fourth-order valence-corrected chi connectivity index (χ4v) is 4.10. The lowest BCUT2D eigenvalue weighted by Gasteiger charge is -2.20. The summed E-state index contributed by atoms with van der Waals surface area (Å²) >= 11 is 0. The highest BCUT2D eigenvalue weighted by molar-refractivity contribution is 7.90. The standard InChI is InChI=1S/C17H18F3NO3S/c1-25(22,23)13-8-7-11(9-12(13)18)14-15(10-5-3-2-4-6-10)21-24-16(14)17(19)20/h7-10,17H,2-6H2,1H3. The normalized spacial score (nSPS) is 16.5. The van der Waals surface area contributed by atoms with Crippen LogP contribution in [0.5, 0.6) is 0 Å². The van der Waals surface area contributed by atoms with Gasteiger partial charge in [-0.15, -0.1) is 0 Å². The molecule has 4 nitrogen and oxygen atoms in total. The van der Waals surface area contributed by atoms with Gasteiger partial charge >= 0.3 is 0 Å². The summed E-state index contributed by atoms with van der Waals surface area (Å²) in [6.45, 7) is 0. The average Bonchev–Trinajstić information content (AvgIpc) is 2.99. The largest absolute Gasteiger partial charge is 0.354 e. The lowest BCUT2D eigenvalue weighted by molar-refractivity contribution is 0.112. The van der Waals surface area contributed by atoms with E-state index < -0.39 is 32.7 Å². The van der Waals surface area contributed by atoms with Crippen LogP contribution in [0, 0.1) is 5.82 Å². The van der Waals surface area contributed by atoms with Gasteiger partial charge in [0, 0.05) is 12.2 Å². The van der Waals surface area contributed by atoms with Crippen molar-refractivity contribution in [2.75, 3.05) is 6.26 Å². The predicted octanol–water partition coefficient (Wildman–Crippen LogP) is 4.87. The van der Waals surface area contributed by atoms with Gasteiger partial charge in [0.05, 0.1) is 11.3 Å². The molecule has 0 unspecified atom stereocenters. The first-order valence-electron chi connectivity index (χ1n) is 8.06. The van der Waals surface area contributed by atoms with Gasteiger partial charge in [0.1, 0.15) is 10.7 Å². The van der Waals surface area contributed by atoms with E-state index in [1.165, 1.54) is 6.07 Å². The fraction of sp³-hybridized carbons (Fsp3) is 0.471. The maximum absolute atomic E-state index is 14.2. The Kier molecular flexibility index (Phi) is 4.90. The van der Waals surface area contributed by atoms with E-state index >= 15 is 0 Å². The summed E-state index contributed by atoms with van der Waals surface area (Å²) in [7, 11) is -3.74. The summed E-state index contributed by atoms with van der Waals surface area (Å²) in [6.07, 6.45) is 2.66. The van der Waals surface area contributed by atoms with Gasteiger partial charge in [-0.3, -0.25) is 0 Å². The maximum Gasteiger partial charge on any atom is 0.298 e. The number of rotatable bonds is 4. The van der Waals surface area contributed by atoms with Crippen molar-refractivity contribution in [2.24, 2.45) is 0 Å². The molecule has 0 amide bonds. The predicted molar refractivity (Wildman–Crippen MR) is 85.8 cm³/mol. The fourth-order valence-electron chi connectivity index (χ4n) is 3.37. The molecule has 0 bridgehead atoms. The Morgan fingerprint density at radius 1 is 1.20 bits per heavy atom. The third-order valence-corrected chi connectivity index (χ3v) is 5.69. The SMILES string of the molecule is CS(=O)(=O)c1ccc(-c2c(C3CCCCC3)noc2C(F)F)cc1F. The summed E-state index contributed by atoms with van der Waals surface area (Å²) in [4.78, 5) is -0.467. The second kappa shape index (κ2) is 6.82. The van der Waals surface area contributed by atoms with Crippen molar-refractivity contribution in [3.05, 3.63) is 35.5 Å². The van der Waals surface area contributed by atoms with Gasteiger partial charge in [0.15, 0.2) is 9.84 Å². The molecule has 0 saturated heterocycles. The zero-order valence-corrected chi connectivity index (χ0v) is 14.5. The Labute approximate surface area is 143 Å². The van der Waals surface area contributed by atoms with E-state index in [4.69, 9.17) is 4.52 Å². The first kappa shape index (κ1) is 18.0. The molecule has 0 aliphatic heterocycles. The molecule has 1 fully saturated rings. The minimum Gasteiger partial charge on any atom is -0.354 e. The highest BCUT2D eigenvalue weighted by atomic mass is 32.2. The van der Waals surface area contributed by atoms with Crippen LogP contribution in [0.1, 0.15) is 55.9 Å². The van der Waals surface area contributed by atoms with Crippen LogP contribution < -0.4 is 0 Å². The number of hydrogen-bond acceptors (Lipinski definition) is 4. The topological polar surface area (TPSA) is 60.2 Å². The van der Waals surface area contributed by atoms with Crippen molar-refractivity contribution in [2.45, 2.75) is 49.3 Å². The molecule has 0 N–H and O–H groups in total. The van der Waals surface area contributed by atoms with Gasteiger partial charge in [0.2, 0.25) is 5.76 Å². The number of hydrogen-bond donors (Lipinski definition) is 0. The summed E-state index contributed by atoms with van der Waals surface area (Å²) < 4.78 is 68.9. The van der Waals surface area contributed by atoms with Gasteiger partial charge < -0.3 is 4.52 Å². The molecule has 1 aliphatic rings. The summed E-state index contributed by atoms with van der Waals surface area (Å²) in [5.74, 6) is -1.60. The number of sulfone groups is 1. The van der Waals surface area contributed by atoms with Crippen molar-refractivity contribution in [3.8, 4) is 11.1 Å². The molecular formula is C17H18F3NO3S. The van der Waals surface area contributed by atoms with E-state index in [9.17, 15) is 21.6 Å². The number of benzene rings is 1. The summed E-state index contributed by atoms with van der Waals surface area (Å²) in [6, 6.07) is 3.37. The van der Waals surface area contributed by atoms with Gasteiger partial charge in [-0.1, -0.05) is 30.5 Å². The zero-order chi connectivity index (χ0) is 18.2. The molecule has 1 heterocycles. The smallest absolute Gasteiger partial charge is 0.298 e. The third-order valence-electron chi connectivity index (χ3n) is 4.55. The van der Waals surface area contributed by atoms with E-state index in [1.54, 1.807) is 0 Å². The average molecular weight is 373 g/mol. The maximum atomic E-state index is 14.2. The first-order valence-corrected chi connectivity index (χ1v) is 9.95. The Morgan fingerprint density at radius 2 is 1.88 bits per heavy atom. The van der Waals surface area contributed by atoms with Crippen molar-refractivity contribution in [1.29, 1.82) is 0 Å². The number of halogens is 3. The number of aromatic nitrogens is 1. The molecular weight excluding hydrogens is 355 g/mol. The van der Waals surface area contributed by atoms with Crippen LogP contribution >= 0.6 is 0 Å². The Morgan fingerprint density at radius 3 is 2.44 bits per heavy atom. The number of alkyl halides is 2. The highest BCUT2D eigenvalue weighted by Gasteiger charge is 2.30. The Balaban J connectivity index is 2.12. The minimum absolute atomic E-state index is 0.0161. The van der Waals surface area contributed by atoms with Crippen LogP contribution in [0.25, 0.3) is 11.1 Å². The molecule has 1 aliphatic carbocycles. The van der Waals surface area contributed by atoms with Crippen molar-refractivity contribution < 1.29 is 26.1 Å². The lowest BCUT2D eigenvalue weighted by atomic mass is 9.84. The molecule has 1 saturated carbocycles. The van der Waals surface area contributed by atoms with Crippen molar-refractivity contribution in [3.63, 3.8) is 0 Å². The number of nitrogens with zero attached hydrogens (tertiary/aromatic N) is 1. The van der Waals surface area contributed by atoms with Crippen LogP contribution in [0.4, 0.5) is 13.2 Å². The molecule has 0 radical (unpaired) electrons. The van der Waals surface area contributed by atoms with E-state index in [-0.39, 0.29) is 17.0 Å². The van der Waals surface area contributed by atoms with Gasteiger partial charge in [-0.25, -0.2) is 21.6 Å². The zero-order valence-electron chi connectivity index (χ0n) is 13.6. The second-order valence-electron chi connectivity index (χ2n) is 6.36. The molecule has 8 heteroatoms. The van der Waals surface area contributed by atoms with Gasteiger partial charge in [0.25, 0.3) is 6.43 Å². The van der Waals surface area contributed by atoms with Gasteiger partial charge in [-0.05, 0) is 30.5 Å². The monoisotopic (exact) mass is 373 g/mol. The molecule has 2 aromatic rings. The molecule has 136 valence electrons. The van der Waals surface area contributed by atoms with E-state index in [0.717, 1.165) is 50.5 Å². The van der Waals surface area contributed by atoms with Crippen LogP contribution in [0.3, 0.4) is 0 Å². The third kappa shape index (κ3) is 3.58. The van der Waals surface area contributed by atoms with E-state index in [2.05, 4.69) is 5.16 Å². The Bertz CT molecular complexity index is 871. The quantitative estimate of drug-likeness (QED) is 0.767. The van der Waals surface area contributed by atoms with Crippen LogP contribution in [-0.2, 0) is 9.84 Å².